The highest BCUT2D eigenvalue weighted by Crippen LogP contribution is 2.67. The van der Waals surface area contributed by atoms with Crippen molar-refractivity contribution in [3.05, 3.63) is 83.9 Å². The van der Waals surface area contributed by atoms with E-state index in [2.05, 4.69) is 74.2 Å². The molecule has 0 bridgehead atoms. The number of carbonyl (C=O) groups excluding carboxylic acids is 1. The molecule has 0 spiro atoms. The van der Waals surface area contributed by atoms with Crippen LogP contribution in [0.3, 0.4) is 0 Å². The first-order chi connectivity index (χ1) is 15.1. The first kappa shape index (κ1) is 21.6. The lowest BCUT2D eigenvalue weighted by Gasteiger charge is -2.37. The van der Waals surface area contributed by atoms with Gasteiger partial charge in [0.2, 0.25) is 5.91 Å². The van der Waals surface area contributed by atoms with Gasteiger partial charge in [-0.15, -0.1) is 0 Å². The topological polar surface area (TPSA) is 43.1 Å². The summed E-state index contributed by atoms with van der Waals surface area (Å²) in [5.41, 5.74) is 12.3. The highest BCUT2D eigenvalue weighted by Gasteiger charge is 2.58. The van der Waals surface area contributed by atoms with Gasteiger partial charge in [0.15, 0.2) is 0 Å². The van der Waals surface area contributed by atoms with Crippen LogP contribution in [0.2, 0.25) is 0 Å². The van der Waals surface area contributed by atoms with Crippen molar-refractivity contribution in [1.82, 2.24) is 0 Å². The molecule has 2 heteroatoms. The summed E-state index contributed by atoms with van der Waals surface area (Å²) in [6.07, 6.45) is 8.87. The van der Waals surface area contributed by atoms with E-state index < -0.39 is 0 Å². The molecular formula is C29H35NO. The average Bonchev–Trinajstić information content (AvgIpc) is 3.32. The van der Waals surface area contributed by atoms with Gasteiger partial charge in [-0.25, -0.2) is 0 Å². The van der Waals surface area contributed by atoms with Crippen LogP contribution < -0.4 is 5.73 Å². The van der Waals surface area contributed by atoms with E-state index in [9.17, 15) is 4.79 Å². The Kier molecular flexibility index (Phi) is 6.46. The second-order valence-corrected chi connectivity index (χ2v) is 9.33. The van der Waals surface area contributed by atoms with Crippen molar-refractivity contribution in [3.63, 3.8) is 0 Å². The summed E-state index contributed by atoms with van der Waals surface area (Å²) in [7, 11) is 0. The summed E-state index contributed by atoms with van der Waals surface area (Å²) in [6.45, 7) is 6.92. The Morgan fingerprint density at radius 2 is 1.71 bits per heavy atom. The van der Waals surface area contributed by atoms with Crippen LogP contribution in [0.25, 0.3) is 11.1 Å². The lowest BCUT2D eigenvalue weighted by Crippen LogP contribution is -2.32. The Hall–Kier alpha value is -2.61. The first-order valence-electron chi connectivity index (χ1n) is 11.9. The number of benzene rings is 2. The Bertz CT molecular complexity index is 959. The zero-order chi connectivity index (χ0) is 21.8. The summed E-state index contributed by atoms with van der Waals surface area (Å²) >= 11 is 0. The number of rotatable bonds is 9. The summed E-state index contributed by atoms with van der Waals surface area (Å²) < 4.78 is 0. The molecule has 1 saturated carbocycles. The molecule has 3 atom stereocenters. The predicted octanol–water partition coefficient (Wildman–Crippen LogP) is 7.03. The van der Waals surface area contributed by atoms with Gasteiger partial charge in [0.25, 0.3) is 0 Å². The molecule has 0 saturated heterocycles. The fourth-order valence-corrected chi connectivity index (χ4v) is 6.24. The Morgan fingerprint density at radius 1 is 1.03 bits per heavy atom. The molecule has 4 rings (SSSR count). The SMILES string of the molecule is C=C(c1ccccc1)[C@@]12CC[C@H](C(N)=O)C1CC(CCCCCC)=C2c1ccccc1. The van der Waals surface area contributed by atoms with E-state index in [1.54, 1.807) is 0 Å². The van der Waals surface area contributed by atoms with Gasteiger partial charge in [0, 0.05) is 11.3 Å². The van der Waals surface area contributed by atoms with Crippen molar-refractivity contribution in [2.24, 2.45) is 23.0 Å². The number of hydrogen-bond acceptors (Lipinski definition) is 1. The molecule has 1 amide bonds. The zero-order valence-corrected chi connectivity index (χ0v) is 18.8. The van der Waals surface area contributed by atoms with Crippen LogP contribution in [0.4, 0.5) is 0 Å². The van der Waals surface area contributed by atoms with E-state index in [0.717, 1.165) is 31.3 Å². The number of fused-ring (bicyclic) bond motifs is 1. The minimum absolute atomic E-state index is 0.0766. The second-order valence-electron chi connectivity index (χ2n) is 9.33. The molecule has 2 aromatic rings. The molecule has 2 aromatic carbocycles. The number of amides is 1. The lowest BCUT2D eigenvalue weighted by molar-refractivity contribution is -0.123. The van der Waals surface area contributed by atoms with E-state index in [0.29, 0.717) is 0 Å². The van der Waals surface area contributed by atoms with Gasteiger partial charge in [-0.3, -0.25) is 4.79 Å². The normalized spacial score (nSPS) is 24.9. The number of unbranched alkanes of at least 4 members (excludes halogenated alkanes) is 3. The van der Waals surface area contributed by atoms with Crippen molar-refractivity contribution in [1.29, 1.82) is 0 Å². The third-order valence-electron chi connectivity index (χ3n) is 7.66. The van der Waals surface area contributed by atoms with Crippen molar-refractivity contribution in [2.45, 2.75) is 58.3 Å². The number of nitrogens with two attached hydrogens (primary N) is 1. The minimum Gasteiger partial charge on any atom is -0.369 e. The van der Waals surface area contributed by atoms with Gasteiger partial charge in [-0.05, 0) is 60.3 Å². The maximum atomic E-state index is 12.5. The van der Waals surface area contributed by atoms with E-state index in [4.69, 9.17) is 5.73 Å². The standard InChI is InChI=1S/C29H35NO/c1-3-4-5-8-17-24-20-26-25(28(30)31)18-19-29(26,21(2)22-13-9-6-10-14-22)27(24)23-15-11-7-12-16-23/h6-7,9-16,25-26H,2-5,8,17-20H2,1H3,(H2,30,31)/t25-,26?,29-/m0/s1. The molecular weight excluding hydrogens is 378 g/mol. The van der Waals surface area contributed by atoms with Gasteiger partial charge in [-0.1, -0.05) is 99.0 Å². The maximum absolute atomic E-state index is 12.5. The van der Waals surface area contributed by atoms with Crippen LogP contribution in [0.15, 0.2) is 72.8 Å². The number of primary amides is 1. The fraction of sp³-hybridized carbons (Fsp3) is 0.414. The van der Waals surface area contributed by atoms with Gasteiger partial charge in [-0.2, -0.15) is 0 Å². The smallest absolute Gasteiger partial charge is 0.220 e. The van der Waals surface area contributed by atoms with Crippen LogP contribution in [-0.4, -0.2) is 5.91 Å². The van der Waals surface area contributed by atoms with Crippen molar-refractivity contribution in [2.75, 3.05) is 0 Å². The van der Waals surface area contributed by atoms with E-state index in [-0.39, 0.29) is 23.2 Å². The average molecular weight is 414 g/mol. The molecule has 2 aliphatic rings. The van der Waals surface area contributed by atoms with Gasteiger partial charge >= 0.3 is 0 Å². The molecule has 1 fully saturated rings. The molecule has 0 aromatic heterocycles. The van der Waals surface area contributed by atoms with Gasteiger partial charge < -0.3 is 5.73 Å². The Morgan fingerprint density at radius 3 is 2.35 bits per heavy atom. The largest absolute Gasteiger partial charge is 0.369 e. The zero-order valence-electron chi connectivity index (χ0n) is 18.8. The highest BCUT2D eigenvalue weighted by atomic mass is 16.1. The monoisotopic (exact) mass is 413 g/mol. The molecule has 31 heavy (non-hydrogen) atoms. The Labute approximate surface area is 187 Å². The highest BCUT2D eigenvalue weighted by molar-refractivity contribution is 5.92. The minimum atomic E-state index is -0.206. The molecule has 2 nitrogen and oxygen atoms in total. The quantitative estimate of drug-likeness (QED) is 0.441. The van der Waals surface area contributed by atoms with Crippen LogP contribution in [0.5, 0.6) is 0 Å². The number of allylic oxidation sites excluding steroid dienone is 3. The summed E-state index contributed by atoms with van der Waals surface area (Å²) in [6, 6.07) is 21.3. The predicted molar refractivity (Wildman–Crippen MR) is 130 cm³/mol. The van der Waals surface area contributed by atoms with Crippen LogP contribution in [0.1, 0.15) is 69.4 Å². The van der Waals surface area contributed by atoms with Crippen molar-refractivity contribution < 1.29 is 4.79 Å². The molecule has 0 radical (unpaired) electrons. The fourth-order valence-electron chi connectivity index (χ4n) is 6.24. The lowest BCUT2D eigenvalue weighted by atomic mass is 9.65. The molecule has 2 N–H and O–H groups in total. The molecule has 0 aliphatic heterocycles. The third kappa shape index (κ3) is 3.89. The van der Waals surface area contributed by atoms with Crippen LogP contribution in [-0.2, 0) is 4.79 Å². The third-order valence-corrected chi connectivity index (χ3v) is 7.66. The maximum Gasteiger partial charge on any atom is 0.220 e. The first-order valence-corrected chi connectivity index (χ1v) is 11.9. The van der Waals surface area contributed by atoms with Crippen molar-refractivity contribution >= 4 is 17.1 Å². The summed E-state index contributed by atoms with van der Waals surface area (Å²) in [5.74, 6) is -0.00575. The Balaban J connectivity index is 1.83. The number of carbonyl (C=O) groups is 1. The number of hydrogen-bond donors (Lipinski definition) is 1. The van der Waals surface area contributed by atoms with E-state index in [1.807, 2.05) is 0 Å². The molecule has 0 heterocycles. The van der Waals surface area contributed by atoms with E-state index >= 15 is 0 Å². The summed E-state index contributed by atoms with van der Waals surface area (Å²) in [4.78, 5) is 12.5. The van der Waals surface area contributed by atoms with Crippen molar-refractivity contribution in [3.8, 4) is 0 Å². The molecule has 162 valence electrons. The van der Waals surface area contributed by atoms with E-state index in [1.165, 1.54) is 48.0 Å². The van der Waals surface area contributed by atoms with Crippen LogP contribution >= 0.6 is 0 Å². The second kappa shape index (κ2) is 9.26. The summed E-state index contributed by atoms with van der Waals surface area (Å²) in [5, 5.41) is 0. The molecule has 1 unspecified atom stereocenters. The van der Waals surface area contributed by atoms with Crippen LogP contribution in [0, 0.1) is 17.3 Å². The van der Waals surface area contributed by atoms with Gasteiger partial charge in [0.05, 0.1) is 0 Å². The molecule has 2 aliphatic carbocycles. The van der Waals surface area contributed by atoms with Gasteiger partial charge in [0.1, 0.15) is 0 Å².